The summed E-state index contributed by atoms with van der Waals surface area (Å²) in [5.41, 5.74) is -4.44. The van der Waals surface area contributed by atoms with Crippen LogP contribution in [0.25, 0.3) is 0 Å². The molecule has 0 bridgehead atoms. The number of rotatable bonds is 14. The van der Waals surface area contributed by atoms with E-state index in [1.54, 1.807) is 0 Å². The van der Waals surface area contributed by atoms with Gasteiger partial charge in [-0.3, -0.25) is 24.0 Å². The number of carboxylic acids is 2. The maximum absolute atomic E-state index is 12.5. The summed E-state index contributed by atoms with van der Waals surface area (Å²) in [4.78, 5) is 58.8. The summed E-state index contributed by atoms with van der Waals surface area (Å²) >= 11 is 0. The molecule has 2 aliphatic heterocycles. The molecule has 0 aromatic rings. The molecule has 4 atom stereocenters. The van der Waals surface area contributed by atoms with Crippen LogP contribution in [-0.2, 0) is 33.4 Å². The summed E-state index contributed by atoms with van der Waals surface area (Å²) in [5.74, 6) is -3.61. The third-order valence-corrected chi connectivity index (χ3v) is 7.88. The Bertz CT molecular complexity index is 844. The van der Waals surface area contributed by atoms with E-state index in [1.807, 2.05) is 27.7 Å². The second kappa shape index (κ2) is 12.1. The van der Waals surface area contributed by atoms with Crippen LogP contribution in [0.3, 0.4) is 0 Å². The van der Waals surface area contributed by atoms with Crippen LogP contribution < -0.4 is 0 Å². The predicted octanol–water partition coefficient (Wildman–Crippen LogP) is 2.77. The van der Waals surface area contributed by atoms with Crippen molar-refractivity contribution in [2.24, 2.45) is 10.8 Å². The number of ether oxygens (including phenoxy) is 2. The van der Waals surface area contributed by atoms with Gasteiger partial charge in [0.1, 0.15) is 18.0 Å². The lowest BCUT2D eigenvalue weighted by atomic mass is 9.73. The third-order valence-electron chi connectivity index (χ3n) is 7.88. The maximum atomic E-state index is 12.5. The fourth-order valence-electron chi connectivity index (χ4n) is 5.49. The molecule has 4 unspecified atom stereocenters. The SMILES string of the molecule is CC(C)(CCCC(=O)CCCC(C)(C)C1CC(O)(CC(=O)O)CC(=O)O1)C1CC(O)(CC(=O)O)CC(=O)O1. The van der Waals surface area contributed by atoms with Crippen molar-refractivity contribution in [3.63, 3.8) is 0 Å². The van der Waals surface area contributed by atoms with Gasteiger partial charge in [0.25, 0.3) is 0 Å². The molecular weight excluding hydrogens is 500 g/mol. The molecule has 0 aromatic carbocycles. The standard InChI is InChI=1S/C27H42O11/c1-24(2,18-11-26(35,13-20(29)30)15-22(33)37-18)9-5-7-17(28)8-6-10-25(3,4)19-12-27(36,14-21(31)32)16-23(34)38-19/h18-19,35-36H,5-16H2,1-4H3,(H,29,30)(H,31,32). The average molecular weight is 543 g/mol. The van der Waals surface area contributed by atoms with Crippen LogP contribution in [-0.4, -0.2) is 73.5 Å². The molecule has 2 fully saturated rings. The zero-order chi connectivity index (χ0) is 28.9. The zero-order valence-electron chi connectivity index (χ0n) is 22.8. The van der Waals surface area contributed by atoms with Gasteiger partial charge in [-0.05, 0) is 25.7 Å². The van der Waals surface area contributed by atoms with Crippen LogP contribution in [0.4, 0.5) is 0 Å². The number of aliphatic carboxylic acids is 2. The van der Waals surface area contributed by atoms with Crippen LogP contribution in [0, 0.1) is 10.8 Å². The van der Waals surface area contributed by atoms with Crippen molar-refractivity contribution in [2.75, 3.05) is 0 Å². The van der Waals surface area contributed by atoms with Gasteiger partial charge >= 0.3 is 23.9 Å². The van der Waals surface area contributed by atoms with Gasteiger partial charge in [0.05, 0.1) is 36.9 Å². The minimum Gasteiger partial charge on any atom is -0.481 e. The van der Waals surface area contributed by atoms with Gasteiger partial charge in [-0.25, -0.2) is 0 Å². The number of hydrogen-bond donors (Lipinski definition) is 4. The van der Waals surface area contributed by atoms with Gasteiger partial charge in [-0.15, -0.1) is 0 Å². The van der Waals surface area contributed by atoms with E-state index >= 15 is 0 Å². The first-order chi connectivity index (χ1) is 17.3. The Balaban J connectivity index is 1.81. The van der Waals surface area contributed by atoms with Crippen LogP contribution in [0.2, 0.25) is 0 Å². The molecule has 2 heterocycles. The molecule has 38 heavy (non-hydrogen) atoms. The first kappa shape index (κ1) is 31.7. The number of carbonyl (C=O) groups is 5. The van der Waals surface area contributed by atoms with E-state index in [9.17, 15) is 34.2 Å². The largest absolute Gasteiger partial charge is 0.481 e. The zero-order valence-corrected chi connectivity index (χ0v) is 22.8. The van der Waals surface area contributed by atoms with Crippen molar-refractivity contribution >= 4 is 29.7 Å². The molecule has 2 rings (SSSR count). The molecule has 0 spiro atoms. The van der Waals surface area contributed by atoms with Gasteiger partial charge < -0.3 is 29.9 Å². The summed E-state index contributed by atoms with van der Waals surface area (Å²) < 4.78 is 10.9. The molecule has 2 saturated heterocycles. The van der Waals surface area contributed by atoms with Crippen molar-refractivity contribution in [3.05, 3.63) is 0 Å². The van der Waals surface area contributed by atoms with Gasteiger partial charge in [-0.2, -0.15) is 0 Å². The second-order valence-electron chi connectivity index (χ2n) is 12.5. The number of carboxylic acid groups (broad SMARTS) is 2. The number of carbonyl (C=O) groups excluding carboxylic acids is 3. The van der Waals surface area contributed by atoms with Crippen molar-refractivity contribution in [1.82, 2.24) is 0 Å². The smallest absolute Gasteiger partial charge is 0.309 e. The summed E-state index contributed by atoms with van der Waals surface area (Å²) in [7, 11) is 0. The lowest BCUT2D eigenvalue weighted by molar-refractivity contribution is -0.185. The second-order valence-corrected chi connectivity index (χ2v) is 12.5. The molecule has 0 amide bonds. The molecule has 4 N–H and O–H groups in total. The number of ketones is 1. The number of esters is 2. The Kier molecular flexibility index (Phi) is 10.1. The van der Waals surface area contributed by atoms with E-state index < -0.39 is 71.0 Å². The summed E-state index contributed by atoms with van der Waals surface area (Å²) in [6, 6.07) is 0. The molecule has 216 valence electrons. The number of Topliss-reactive ketones (excluding diaryl/α,β-unsaturated/α-hetero) is 1. The summed E-state index contributed by atoms with van der Waals surface area (Å²) in [6.07, 6.45) is -0.346. The molecule has 2 aliphatic rings. The Labute approximate surface area is 222 Å². The Morgan fingerprint density at radius 1 is 0.763 bits per heavy atom. The lowest BCUT2D eigenvalue weighted by Crippen LogP contribution is -2.49. The van der Waals surface area contributed by atoms with E-state index in [2.05, 4.69) is 0 Å². The molecular formula is C27H42O11. The van der Waals surface area contributed by atoms with Gasteiger partial charge in [-0.1, -0.05) is 27.7 Å². The molecule has 0 saturated carbocycles. The van der Waals surface area contributed by atoms with Crippen molar-refractivity contribution < 1.29 is 53.9 Å². The minimum atomic E-state index is -1.65. The number of hydrogen-bond acceptors (Lipinski definition) is 9. The topological polar surface area (TPSA) is 185 Å². The van der Waals surface area contributed by atoms with Crippen LogP contribution in [0.5, 0.6) is 0 Å². The highest BCUT2D eigenvalue weighted by Crippen LogP contribution is 2.41. The Hall–Kier alpha value is -2.53. The van der Waals surface area contributed by atoms with E-state index in [-0.39, 0.29) is 31.5 Å². The maximum Gasteiger partial charge on any atom is 0.309 e. The van der Waals surface area contributed by atoms with Crippen LogP contribution >= 0.6 is 0 Å². The first-order valence-electron chi connectivity index (χ1n) is 13.1. The summed E-state index contributed by atoms with van der Waals surface area (Å²) in [5, 5.41) is 39.3. The number of cyclic esters (lactones) is 2. The monoisotopic (exact) mass is 542 g/mol. The molecule has 0 radical (unpaired) electrons. The van der Waals surface area contributed by atoms with Crippen LogP contribution in [0.15, 0.2) is 0 Å². The molecule has 11 heteroatoms. The van der Waals surface area contributed by atoms with E-state index in [0.717, 1.165) is 0 Å². The third kappa shape index (κ3) is 9.34. The van der Waals surface area contributed by atoms with E-state index in [4.69, 9.17) is 19.7 Å². The first-order valence-corrected chi connectivity index (χ1v) is 13.1. The summed E-state index contributed by atoms with van der Waals surface area (Å²) in [6.45, 7) is 7.45. The highest BCUT2D eigenvalue weighted by Gasteiger charge is 2.48. The quantitative estimate of drug-likeness (QED) is 0.237. The Morgan fingerprint density at radius 2 is 1.11 bits per heavy atom. The predicted molar refractivity (Wildman–Crippen MR) is 133 cm³/mol. The Morgan fingerprint density at radius 3 is 1.42 bits per heavy atom. The molecule has 0 aromatic heterocycles. The minimum absolute atomic E-state index is 0.0222. The molecule has 0 aliphatic carbocycles. The van der Waals surface area contributed by atoms with Crippen molar-refractivity contribution in [3.8, 4) is 0 Å². The fourth-order valence-corrected chi connectivity index (χ4v) is 5.49. The van der Waals surface area contributed by atoms with E-state index in [1.165, 1.54) is 0 Å². The van der Waals surface area contributed by atoms with Crippen molar-refractivity contribution in [2.45, 2.75) is 128 Å². The highest BCUT2D eigenvalue weighted by atomic mass is 16.6. The van der Waals surface area contributed by atoms with Gasteiger partial charge in [0.15, 0.2) is 0 Å². The van der Waals surface area contributed by atoms with Gasteiger partial charge in [0, 0.05) is 36.5 Å². The fraction of sp³-hybridized carbons (Fsp3) is 0.815. The normalized spacial score (nSPS) is 28.4. The average Bonchev–Trinajstić information content (AvgIpc) is 2.70. The van der Waals surface area contributed by atoms with Crippen LogP contribution in [0.1, 0.15) is 105 Å². The molecule has 11 nitrogen and oxygen atoms in total. The van der Waals surface area contributed by atoms with Crippen molar-refractivity contribution in [1.29, 1.82) is 0 Å². The number of aliphatic hydroxyl groups is 2. The highest BCUT2D eigenvalue weighted by molar-refractivity contribution is 5.78. The van der Waals surface area contributed by atoms with Gasteiger partial charge in [0.2, 0.25) is 0 Å². The lowest BCUT2D eigenvalue weighted by Gasteiger charge is -2.42. The van der Waals surface area contributed by atoms with E-state index in [0.29, 0.717) is 38.5 Å².